The van der Waals surface area contributed by atoms with Gasteiger partial charge in [0.05, 0.1) is 18.9 Å². The molecule has 0 aliphatic rings. The van der Waals surface area contributed by atoms with Gasteiger partial charge in [-0.25, -0.2) is 4.98 Å². The Labute approximate surface area is 149 Å². The van der Waals surface area contributed by atoms with Crippen molar-refractivity contribution < 1.29 is 13.6 Å². The fraction of sp³-hybridized carbons (Fsp3) is 0.167. The first-order valence-electron chi connectivity index (χ1n) is 8.06. The molecule has 0 unspecified atom stereocenters. The molecule has 26 heavy (non-hydrogen) atoms. The van der Waals surface area contributed by atoms with E-state index in [2.05, 4.69) is 20.3 Å². The SMILES string of the molecule is COc1cccc(CCNc2nc(N)c3nc(-c4ccoc4)oc3n2)c1. The van der Waals surface area contributed by atoms with Gasteiger partial charge in [0.1, 0.15) is 12.0 Å². The monoisotopic (exact) mass is 351 g/mol. The van der Waals surface area contributed by atoms with Gasteiger partial charge >= 0.3 is 0 Å². The van der Waals surface area contributed by atoms with Crippen molar-refractivity contribution in [3.63, 3.8) is 0 Å². The molecule has 4 aromatic rings. The van der Waals surface area contributed by atoms with Gasteiger partial charge in [-0.15, -0.1) is 0 Å². The van der Waals surface area contributed by atoms with Crippen LogP contribution in [0.3, 0.4) is 0 Å². The van der Waals surface area contributed by atoms with Crippen LogP contribution in [0, 0.1) is 0 Å². The van der Waals surface area contributed by atoms with Gasteiger partial charge < -0.3 is 24.6 Å². The normalized spacial score (nSPS) is 11.0. The van der Waals surface area contributed by atoms with E-state index in [1.807, 2.05) is 24.3 Å². The number of ether oxygens (including phenoxy) is 1. The summed E-state index contributed by atoms with van der Waals surface area (Å²) in [6, 6.07) is 9.66. The van der Waals surface area contributed by atoms with Gasteiger partial charge in [0, 0.05) is 6.54 Å². The highest BCUT2D eigenvalue weighted by atomic mass is 16.5. The van der Waals surface area contributed by atoms with E-state index in [0.717, 1.165) is 23.3 Å². The minimum atomic E-state index is 0.261. The number of nitrogens with one attached hydrogen (secondary N) is 1. The zero-order valence-corrected chi connectivity index (χ0v) is 14.1. The summed E-state index contributed by atoms with van der Waals surface area (Å²) in [4.78, 5) is 12.9. The van der Waals surface area contributed by atoms with Crippen LogP contribution in [-0.2, 0) is 6.42 Å². The van der Waals surface area contributed by atoms with E-state index in [1.54, 1.807) is 25.7 Å². The van der Waals surface area contributed by atoms with Crippen LogP contribution < -0.4 is 15.8 Å². The van der Waals surface area contributed by atoms with Gasteiger partial charge in [-0.3, -0.25) is 0 Å². The Morgan fingerprint density at radius 1 is 1.19 bits per heavy atom. The van der Waals surface area contributed by atoms with Gasteiger partial charge in [-0.05, 0) is 30.2 Å². The summed E-state index contributed by atoms with van der Waals surface area (Å²) in [6.45, 7) is 0.640. The molecule has 0 amide bonds. The fourth-order valence-electron chi connectivity index (χ4n) is 2.58. The smallest absolute Gasteiger partial charge is 0.254 e. The summed E-state index contributed by atoms with van der Waals surface area (Å²) in [5.41, 5.74) is 8.62. The Hall–Kier alpha value is -3.55. The van der Waals surface area contributed by atoms with Gasteiger partial charge in [-0.2, -0.15) is 9.97 Å². The first-order chi connectivity index (χ1) is 12.7. The first-order valence-corrected chi connectivity index (χ1v) is 8.06. The number of hydrogen-bond acceptors (Lipinski definition) is 8. The standard InChI is InChI=1S/C18H17N5O3/c1-24-13-4-2-3-11(9-13)5-7-20-18-22-15(19)14-17(23-18)26-16(21-14)12-6-8-25-10-12/h2-4,6,8-10H,5,7H2,1H3,(H3,19,20,22,23). The topological polar surface area (TPSA) is 112 Å². The summed E-state index contributed by atoms with van der Waals surface area (Å²) in [6.07, 6.45) is 3.88. The summed E-state index contributed by atoms with van der Waals surface area (Å²) >= 11 is 0. The minimum absolute atomic E-state index is 0.261. The molecule has 0 radical (unpaired) electrons. The third kappa shape index (κ3) is 3.16. The average Bonchev–Trinajstić information content (AvgIpc) is 3.31. The second kappa shape index (κ2) is 6.75. The number of nitrogen functional groups attached to an aromatic ring is 1. The van der Waals surface area contributed by atoms with E-state index in [1.165, 1.54) is 0 Å². The van der Waals surface area contributed by atoms with E-state index in [0.29, 0.717) is 29.6 Å². The molecule has 0 aliphatic heterocycles. The molecule has 8 heteroatoms. The number of fused-ring (bicyclic) bond motifs is 1. The molecule has 4 rings (SSSR count). The van der Waals surface area contributed by atoms with Crippen molar-refractivity contribution >= 4 is 23.0 Å². The number of hydrogen-bond donors (Lipinski definition) is 2. The lowest BCUT2D eigenvalue weighted by atomic mass is 10.1. The van der Waals surface area contributed by atoms with E-state index >= 15 is 0 Å². The molecule has 3 N–H and O–H groups in total. The number of nitrogens with zero attached hydrogens (tertiary/aromatic N) is 3. The van der Waals surface area contributed by atoms with Crippen LogP contribution in [0.4, 0.5) is 11.8 Å². The number of anilines is 2. The van der Waals surface area contributed by atoms with Crippen LogP contribution in [-0.4, -0.2) is 28.6 Å². The minimum Gasteiger partial charge on any atom is -0.497 e. The molecule has 3 aromatic heterocycles. The highest BCUT2D eigenvalue weighted by Gasteiger charge is 2.15. The van der Waals surface area contributed by atoms with Gasteiger partial charge in [0.15, 0.2) is 11.3 Å². The summed E-state index contributed by atoms with van der Waals surface area (Å²) < 4.78 is 15.9. The van der Waals surface area contributed by atoms with Crippen LogP contribution in [0.5, 0.6) is 5.75 Å². The molecule has 0 atom stereocenters. The van der Waals surface area contributed by atoms with Crippen LogP contribution in [0.15, 0.2) is 51.7 Å². The molecular formula is C18H17N5O3. The maximum atomic E-state index is 5.99. The number of furan rings is 1. The van der Waals surface area contributed by atoms with Crippen LogP contribution in [0.2, 0.25) is 0 Å². The van der Waals surface area contributed by atoms with Crippen LogP contribution in [0.25, 0.3) is 22.7 Å². The average molecular weight is 351 g/mol. The highest BCUT2D eigenvalue weighted by molar-refractivity contribution is 5.83. The van der Waals surface area contributed by atoms with Crippen molar-refractivity contribution in [2.24, 2.45) is 0 Å². The molecular weight excluding hydrogens is 334 g/mol. The largest absolute Gasteiger partial charge is 0.497 e. The van der Waals surface area contributed by atoms with Gasteiger partial charge in [-0.1, -0.05) is 12.1 Å². The lowest BCUT2D eigenvalue weighted by Gasteiger charge is -2.06. The summed E-state index contributed by atoms with van der Waals surface area (Å²) in [5.74, 6) is 1.88. The number of nitrogens with two attached hydrogens (primary N) is 1. The maximum Gasteiger partial charge on any atom is 0.254 e. The predicted molar refractivity (Wildman–Crippen MR) is 96.9 cm³/mol. The van der Waals surface area contributed by atoms with Crippen LogP contribution in [0.1, 0.15) is 5.56 Å². The first kappa shape index (κ1) is 15.9. The van der Waals surface area contributed by atoms with Crippen molar-refractivity contribution in [3.8, 4) is 17.2 Å². The number of aromatic nitrogens is 3. The van der Waals surface area contributed by atoms with Crippen molar-refractivity contribution in [1.82, 2.24) is 15.0 Å². The Morgan fingerprint density at radius 2 is 2.12 bits per heavy atom. The van der Waals surface area contributed by atoms with Crippen LogP contribution >= 0.6 is 0 Å². The molecule has 0 fully saturated rings. The Kier molecular flexibility index (Phi) is 4.14. The second-order valence-corrected chi connectivity index (χ2v) is 5.65. The Balaban J connectivity index is 1.50. The zero-order chi connectivity index (χ0) is 17.9. The Bertz CT molecular complexity index is 1030. The zero-order valence-electron chi connectivity index (χ0n) is 14.1. The lowest BCUT2D eigenvalue weighted by molar-refractivity contribution is 0.414. The highest BCUT2D eigenvalue weighted by Crippen LogP contribution is 2.26. The summed E-state index contributed by atoms with van der Waals surface area (Å²) in [5, 5.41) is 3.16. The second-order valence-electron chi connectivity index (χ2n) is 5.65. The van der Waals surface area contributed by atoms with E-state index in [-0.39, 0.29) is 5.82 Å². The number of methoxy groups -OCH3 is 1. The molecule has 1 aromatic carbocycles. The van der Waals surface area contributed by atoms with E-state index < -0.39 is 0 Å². The number of rotatable bonds is 6. The molecule has 3 heterocycles. The molecule has 0 aliphatic carbocycles. The lowest BCUT2D eigenvalue weighted by Crippen LogP contribution is -2.09. The molecule has 0 saturated heterocycles. The number of oxazole rings is 1. The molecule has 0 saturated carbocycles. The Morgan fingerprint density at radius 3 is 2.92 bits per heavy atom. The molecule has 8 nitrogen and oxygen atoms in total. The predicted octanol–water partition coefficient (Wildman–Crippen LogP) is 3.12. The summed E-state index contributed by atoms with van der Waals surface area (Å²) in [7, 11) is 1.65. The van der Waals surface area contributed by atoms with Gasteiger partial charge in [0.25, 0.3) is 5.71 Å². The fourth-order valence-corrected chi connectivity index (χ4v) is 2.58. The van der Waals surface area contributed by atoms with Crippen molar-refractivity contribution in [2.75, 3.05) is 24.7 Å². The van der Waals surface area contributed by atoms with Crippen molar-refractivity contribution in [1.29, 1.82) is 0 Å². The van der Waals surface area contributed by atoms with E-state index in [4.69, 9.17) is 19.3 Å². The number of benzene rings is 1. The third-order valence-electron chi connectivity index (χ3n) is 3.88. The quantitative estimate of drug-likeness (QED) is 0.545. The van der Waals surface area contributed by atoms with Gasteiger partial charge in [0.2, 0.25) is 11.8 Å². The van der Waals surface area contributed by atoms with Crippen molar-refractivity contribution in [3.05, 3.63) is 48.4 Å². The molecule has 0 bridgehead atoms. The van der Waals surface area contributed by atoms with Crippen molar-refractivity contribution in [2.45, 2.75) is 6.42 Å². The van der Waals surface area contributed by atoms with E-state index in [9.17, 15) is 0 Å². The maximum absolute atomic E-state index is 5.99. The molecule has 132 valence electrons. The third-order valence-corrected chi connectivity index (χ3v) is 3.88. The molecule has 0 spiro atoms.